The number of nitrogens with one attached hydrogen (secondary N) is 2. The summed E-state index contributed by atoms with van der Waals surface area (Å²) >= 11 is 0. The molecule has 0 spiro atoms. The number of fused-ring (bicyclic) bond motifs is 1. The van der Waals surface area contributed by atoms with Crippen molar-refractivity contribution in [2.45, 2.75) is 25.6 Å². The Bertz CT molecular complexity index is 457. The molecule has 2 N–H and O–H groups in total. The van der Waals surface area contributed by atoms with E-state index in [1.807, 2.05) is 11.1 Å². The predicted molar refractivity (Wildman–Crippen MR) is 72.5 cm³/mol. The van der Waals surface area contributed by atoms with E-state index in [2.05, 4.69) is 32.7 Å². The molecule has 0 radical (unpaired) electrons. The number of likely N-dealkylation sites (tertiary alicyclic amines) is 1. The lowest BCUT2D eigenvalue weighted by atomic mass is 10.1. The summed E-state index contributed by atoms with van der Waals surface area (Å²) < 4.78 is 0. The van der Waals surface area contributed by atoms with Gasteiger partial charge in [-0.3, -0.25) is 4.79 Å². The molecule has 7 heteroatoms. The number of hydrazine groups is 1. The molecule has 0 aromatic heterocycles. The standard InChI is InChI=1S/C12H18N6O/c1-2-18(9-3-4-17(6-9)8-19)12-10-5-15-16-11(10)13-7-14-12/h5,7-9,11,15-16H,2-4,6H2,1H3. The number of hydrogen-bond donors (Lipinski definition) is 2. The molecule has 3 rings (SSSR count). The number of rotatable bonds is 3. The molecule has 0 bridgehead atoms. The second kappa shape index (κ2) is 5.00. The van der Waals surface area contributed by atoms with Crippen LogP contribution in [0.4, 0.5) is 0 Å². The van der Waals surface area contributed by atoms with Crippen LogP contribution in [-0.2, 0) is 4.79 Å². The molecule has 0 aliphatic carbocycles. The zero-order chi connectivity index (χ0) is 13.2. The third-order valence-corrected chi connectivity index (χ3v) is 3.79. The number of hydrogen-bond acceptors (Lipinski definition) is 6. The van der Waals surface area contributed by atoms with E-state index >= 15 is 0 Å². The topological polar surface area (TPSA) is 72.3 Å². The lowest BCUT2D eigenvalue weighted by Crippen LogP contribution is -2.45. The third kappa shape index (κ3) is 2.10. The first-order valence-electron chi connectivity index (χ1n) is 6.60. The first-order chi connectivity index (χ1) is 9.33. The van der Waals surface area contributed by atoms with E-state index in [1.54, 1.807) is 6.34 Å². The average Bonchev–Trinajstić information content (AvgIpc) is 3.08. The Morgan fingerprint density at radius 3 is 3.26 bits per heavy atom. The van der Waals surface area contributed by atoms with Crippen molar-refractivity contribution in [1.29, 1.82) is 0 Å². The summed E-state index contributed by atoms with van der Waals surface area (Å²) in [7, 11) is 0. The molecule has 1 saturated heterocycles. The third-order valence-electron chi connectivity index (χ3n) is 3.79. The van der Waals surface area contributed by atoms with Crippen molar-refractivity contribution in [3.8, 4) is 0 Å². The molecule has 1 amide bonds. The van der Waals surface area contributed by atoms with Crippen LogP contribution >= 0.6 is 0 Å². The summed E-state index contributed by atoms with van der Waals surface area (Å²) in [5.74, 6) is 0.956. The summed E-state index contributed by atoms with van der Waals surface area (Å²) in [6.07, 6.45) is 5.38. The van der Waals surface area contributed by atoms with E-state index in [-0.39, 0.29) is 6.17 Å². The summed E-state index contributed by atoms with van der Waals surface area (Å²) in [5, 5.41) is 0. The van der Waals surface area contributed by atoms with Gasteiger partial charge in [0.25, 0.3) is 0 Å². The van der Waals surface area contributed by atoms with Crippen LogP contribution in [0.5, 0.6) is 0 Å². The second-order valence-electron chi connectivity index (χ2n) is 4.84. The Morgan fingerprint density at radius 2 is 2.53 bits per heavy atom. The van der Waals surface area contributed by atoms with E-state index in [9.17, 15) is 4.79 Å². The molecule has 2 unspecified atom stereocenters. The second-order valence-corrected chi connectivity index (χ2v) is 4.84. The van der Waals surface area contributed by atoms with Crippen LogP contribution in [0.1, 0.15) is 13.3 Å². The Balaban J connectivity index is 1.80. The van der Waals surface area contributed by atoms with E-state index in [0.717, 1.165) is 43.9 Å². The van der Waals surface area contributed by atoms with E-state index < -0.39 is 0 Å². The molecule has 0 saturated carbocycles. The van der Waals surface area contributed by atoms with Gasteiger partial charge in [0.15, 0.2) is 0 Å². The van der Waals surface area contributed by atoms with Gasteiger partial charge in [0.1, 0.15) is 18.3 Å². The van der Waals surface area contributed by atoms with Crippen LogP contribution < -0.4 is 10.9 Å². The van der Waals surface area contributed by atoms with Gasteiger partial charge in [0, 0.05) is 31.9 Å². The van der Waals surface area contributed by atoms with Crippen LogP contribution in [0, 0.1) is 0 Å². The molecule has 19 heavy (non-hydrogen) atoms. The van der Waals surface area contributed by atoms with E-state index in [0.29, 0.717) is 6.04 Å². The highest BCUT2D eigenvalue weighted by molar-refractivity contribution is 6.05. The number of amides is 1. The molecule has 3 aliphatic rings. The molecule has 1 fully saturated rings. The maximum Gasteiger partial charge on any atom is 0.209 e. The molecule has 0 aromatic rings. The van der Waals surface area contributed by atoms with E-state index in [4.69, 9.17) is 0 Å². The van der Waals surface area contributed by atoms with Crippen molar-refractivity contribution in [2.75, 3.05) is 19.6 Å². The van der Waals surface area contributed by atoms with Gasteiger partial charge in [-0.25, -0.2) is 15.4 Å². The zero-order valence-electron chi connectivity index (χ0n) is 10.9. The van der Waals surface area contributed by atoms with Gasteiger partial charge in [-0.05, 0) is 13.3 Å². The molecule has 0 aromatic carbocycles. The van der Waals surface area contributed by atoms with Crippen LogP contribution in [0.3, 0.4) is 0 Å². The minimum absolute atomic E-state index is 0.0508. The Hall–Kier alpha value is -1.89. The minimum Gasteiger partial charge on any atom is -0.352 e. The molecule has 2 atom stereocenters. The Labute approximate surface area is 112 Å². The number of amidine groups is 1. The minimum atomic E-state index is -0.0508. The quantitative estimate of drug-likeness (QED) is 0.660. The van der Waals surface area contributed by atoms with Crippen LogP contribution in [0.15, 0.2) is 21.8 Å². The number of likely N-dealkylation sites (N-methyl/N-ethyl adjacent to an activating group) is 1. The number of nitrogens with zero attached hydrogens (tertiary/aromatic N) is 4. The van der Waals surface area contributed by atoms with Crippen molar-refractivity contribution in [3.63, 3.8) is 0 Å². The SMILES string of the molecule is CCN(C1=NC=NC2NNC=C12)C1CCN(C=O)C1. The van der Waals surface area contributed by atoms with Crippen molar-refractivity contribution in [2.24, 2.45) is 9.98 Å². The monoisotopic (exact) mass is 262 g/mol. The maximum atomic E-state index is 10.8. The Morgan fingerprint density at radius 1 is 1.63 bits per heavy atom. The number of carbonyl (C=O) groups excluding carboxylic acids is 1. The van der Waals surface area contributed by atoms with Gasteiger partial charge in [-0.2, -0.15) is 0 Å². The summed E-state index contributed by atoms with van der Waals surface area (Å²) in [5.41, 5.74) is 7.11. The molecule has 3 aliphatic heterocycles. The molecular weight excluding hydrogens is 244 g/mol. The molecule has 7 nitrogen and oxygen atoms in total. The fraction of sp³-hybridized carbons (Fsp3) is 0.583. The highest BCUT2D eigenvalue weighted by Crippen LogP contribution is 2.21. The Kier molecular flexibility index (Phi) is 3.20. The normalized spacial score (nSPS) is 28.6. The molecular formula is C12H18N6O. The number of carbonyl (C=O) groups is 1. The van der Waals surface area contributed by atoms with Gasteiger partial charge in [-0.1, -0.05) is 0 Å². The van der Waals surface area contributed by atoms with Gasteiger partial charge >= 0.3 is 0 Å². The van der Waals surface area contributed by atoms with Gasteiger partial charge in [-0.15, -0.1) is 0 Å². The van der Waals surface area contributed by atoms with Crippen molar-refractivity contribution >= 4 is 18.6 Å². The number of aliphatic imine (C=N–C) groups is 2. The van der Waals surface area contributed by atoms with Crippen LogP contribution in [-0.4, -0.2) is 60.2 Å². The van der Waals surface area contributed by atoms with Crippen molar-refractivity contribution in [1.82, 2.24) is 20.7 Å². The predicted octanol–water partition coefficient (Wildman–Crippen LogP) is -0.703. The van der Waals surface area contributed by atoms with Crippen molar-refractivity contribution < 1.29 is 4.79 Å². The van der Waals surface area contributed by atoms with Crippen LogP contribution in [0.25, 0.3) is 0 Å². The summed E-state index contributed by atoms with van der Waals surface area (Å²) in [6, 6.07) is 0.336. The van der Waals surface area contributed by atoms with Gasteiger partial charge in [0.05, 0.1) is 5.57 Å². The van der Waals surface area contributed by atoms with Gasteiger partial charge < -0.3 is 15.2 Å². The lowest BCUT2D eigenvalue weighted by Gasteiger charge is -2.32. The van der Waals surface area contributed by atoms with E-state index in [1.165, 1.54) is 0 Å². The lowest BCUT2D eigenvalue weighted by molar-refractivity contribution is -0.117. The average molecular weight is 262 g/mol. The summed E-state index contributed by atoms with van der Waals surface area (Å²) in [4.78, 5) is 23.6. The first-order valence-corrected chi connectivity index (χ1v) is 6.60. The highest BCUT2D eigenvalue weighted by atomic mass is 16.1. The zero-order valence-corrected chi connectivity index (χ0v) is 10.9. The van der Waals surface area contributed by atoms with Gasteiger partial charge in [0.2, 0.25) is 6.41 Å². The largest absolute Gasteiger partial charge is 0.352 e. The maximum absolute atomic E-state index is 10.8. The highest BCUT2D eigenvalue weighted by Gasteiger charge is 2.33. The fourth-order valence-corrected chi connectivity index (χ4v) is 2.83. The smallest absolute Gasteiger partial charge is 0.209 e. The first kappa shape index (κ1) is 12.2. The molecule has 102 valence electrons. The summed E-state index contributed by atoms with van der Waals surface area (Å²) in [6.45, 7) is 4.58. The van der Waals surface area contributed by atoms with Crippen LogP contribution in [0.2, 0.25) is 0 Å². The molecule has 3 heterocycles. The fourth-order valence-electron chi connectivity index (χ4n) is 2.83. The van der Waals surface area contributed by atoms with Crippen molar-refractivity contribution in [3.05, 3.63) is 11.8 Å².